The van der Waals surface area contributed by atoms with Gasteiger partial charge in [0.15, 0.2) is 0 Å². The zero-order valence-electron chi connectivity index (χ0n) is 20.4. The van der Waals surface area contributed by atoms with E-state index in [0.717, 1.165) is 11.1 Å². The molecule has 0 radical (unpaired) electrons. The molecule has 190 valence electrons. The fourth-order valence-electron chi connectivity index (χ4n) is 4.41. The number of amides is 2. The molecule has 2 aromatic rings. The number of benzene rings is 1. The predicted octanol–water partition coefficient (Wildman–Crippen LogP) is 2.91. The summed E-state index contributed by atoms with van der Waals surface area (Å²) in [5, 5.41) is 4.38. The average Bonchev–Trinajstić information content (AvgIpc) is 3.41. The third-order valence-electron chi connectivity index (χ3n) is 6.09. The van der Waals surface area contributed by atoms with Crippen molar-refractivity contribution < 1.29 is 27.5 Å². The number of rotatable bonds is 5. The van der Waals surface area contributed by atoms with Crippen molar-refractivity contribution in [3.8, 4) is 11.1 Å². The Kier molecular flexibility index (Phi) is 7.04. The highest BCUT2D eigenvalue weighted by Crippen LogP contribution is 2.39. The summed E-state index contributed by atoms with van der Waals surface area (Å²) in [6, 6.07) is 5.14. The largest absolute Gasteiger partial charge is 0.452 e. The van der Waals surface area contributed by atoms with E-state index in [1.54, 1.807) is 30.8 Å². The predicted molar refractivity (Wildman–Crippen MR) is 131 cm³/mol. The third kappa shape index (κ3) is 5.13. The number of ether oxygens (including phenoxy) is 2. The van der Waals surface area contributed by atoms with Gasteiger partial charge >= 0.3 is 12.2 Å². The lowest BCUT2D eigenvalue weighted by Crippen LogP contribution is -2.52. The molecule has 11 nitrogen and oxygen atoms in total. The van der Waals surface area contributed by atoms with Crippen LogP contribution in [0.3, 0.4) is 0 Å². The molecule has 0 aliphatic carbocycles. The van der Waals surface area contributed by atoms with Gasteiger partial charge in [0.25, 0.3) is 0 Å². The third-order valence-corrected chi connectivity index (χ3v) is 8.05. The molecule has 35 heavy (non-hydrogen) atoms. The molecule has 0 unspecified atom stereocenters. The topological polar surface area (TPSA) is 114 Å². The van der Waals surface area contributed by atoms with Gasteiger partial charge < -0.3 is 9.47 Å². The Morgan fingerprint density at radius 3 is 2.57 bits per heavy atom. The summed E-state index contributed by atoms with van der Waals surface area (Å²) < 4.78 is 37.7. The molecule has 2 aliphatic heterocycles. The second-order valence-corrected chi connectivity index (χ2v) is 11.1. The molecule has 3 heterocycles. The van der Waals surface area contributed by atoms with Crippen molar-refractivity contribution >= 4 is 33.6 Å². The van der Waals surface area contributed by atoms with E-state index >= 15 is 0 Å². The van der Waals surface area contributed by atoms with E-state index < -0.39 is 22.2 Å². The molecule has 0 bridgehead atoms. The molecule has 1 atom stereocenters. The molecule has 12 heteroatoms. The monoisotopic (exact) mass is 505 g/mol. The quantitative estimate of drug-likeness (QED) is 0.614. The first-order valence-electron chi connectivity index (χ1n) is 11.6. The molecule has 0 saturated carbocycles. The lowest BCUT2D eigenvalue weighted by atomic mass is 10.0. The average molecular weight is 506 g/mol. The van der Waals surface area contributed by atoms with Crippen molar-refractivity contribution in [1.29, 1.82) is 0 Å². The second kappa shape index (κ2) is 9.86. The number of sulfonamides is 1. The van der Waals surface area contributed by atoms with Crippen molar-refractivity contribution in [3.05, 3.63) is 30.6 Å². The minimum atomic E-state index is -3.15. The second-order valence-electron chi connectivity index (χ2n) is 9.00. The smallest absolute Gasteiger partial charge is 0.414 e. The molecule has 1 fully saturated rings. The summed E-state index contributed by atoms with van der Waals surface area (Å²) in [6.45, 7) is 7.00. The molecular weight excluding hydrogens is 474 g/mol. The van der Waals surface area contributed by atoms with E-state index in [-0.39, 0.29) is 24.4 Å². The zero-order chi connectivity index (χ0) is 25.3. The Morgan fingerprint density at radius 1 is 1.14 bits per heavy atom. The van der Waals surface area contributed by atoms with Crippen LogP contribution >= 0.6 is 0 Å². The first-order chi connectivity index (χ1) is 16.6. The SMILES string of the molecule is COC(=O)N1c2ccc(-c3cnn(CCN4CCCS4(=O)=O)c3)cc2N(C(=O)OC(C)C)C[C@@H]1C. The van der Waals surface area contributed by atoms with Crippen LogP contribution in [0.4, 0.5) is 21.0 Å². The summed E-state index contributed by atoms with van der Waals surface area (Å²) >= 11 is 0. The van der Waals surface area contributed by atoms with Gasteiger partial charge in [0.05, 0.1) is 55.7 Å². The maximum atomic E-state index is 12.9. The number of methoxy groups -OCH3 is 1. The van der Waals surface area contributed by atoms with E-state index in [2.05, 4.69) is 5.10 Å². The molecule has 0 spiro atoms. The molecular formula is C23H31N5O6S. The number of carbonyl (C=O) groups excluding carboxylic acids is 2. The highest BCUT2D eigenvalue weighted by atomic mass is 32.2. The highest BCUT2D eigenvalue weighted by Gasteiger charge is 2.36. The standard InChI is InChI=1S/C23H31N5O6S/c1-16(2)34-22(29)27-14-17(3)28(23(30)33-4)20-7-6-18(12-21(20)27)19-13-24-25(15-19)9-10-26-8-5-11-35(26,31)32/h6-7,12-13,15-17H,5,8-11,14H2,1-4H3/t17-/m0/s1. The van der Waals surface area contributed by atoms with Crippen LogP contribution in [0, 0.1) is 0 Å². The Bertz CT molecular complexity index is 1210. The number of hydrogen-bond donors (Lipinski definition) is 0. The van der Waals surface area contributed by atoms with E-state index in [1.165, 1.54) is 21.2 Å². The van der Waals surface area contributed by atoms with E-state index in [0.29, 0.717) is 37.4 Å². The van der Waals surface area contributed by atoms with E-state index in [4.69, 9.17) is 9.47 Å². The fourth-order valence-corrected chi connectivity index (χ4v) is 5.93. The normalized spacial score (nSPS) is 19.6. The number of fused-ring (bicyclic) bond motifs is 1. The van der Waals surface area contributed by atoms with Gasteiger partial charge in [0.1, 0.15) is 0 Å². The van der Waals surface area contributed by atoms with E-state index in [9.17, 15) is 18.0 Å². The first kappa shape index (κ1) is 25.0. The van der Waals surface area contributed by atoms with Gasteiger partial charge in [-0.05, 0) is 44.9 Å². The minimum Gasteiger partial charge on any atom is -0.452 e. The maximum absolute atomic E-state index is 12.9. The van der Waals surface area contributed by atoms with Crippen molar-refractivity contribution in [2.24, 2.45) is 0 Å². The van der Waals surface area contributed by atoms with Crippen molar-refractivity contribution in [1.82, 2.24) is 14.1 Å². The molecule has 2 amide bonds. The van der Waals surface area contributed by atoms with Gasteiger partial charge in [0, 0.05) is 24.8 Å². The number of nitrogens with zero attached hydrogens (tertiary/aromatic N) is 5. The van der Waals surface area contributed by atoms with E-state index in [1.807, 2.05) is 25.3 Å². The number of anilines is 2. The number of carbonyl (C=O) groups is 2. The van der Waals surface area contributed by atoms with Gasteiger partial charge in [-0.1, -0.05) is 6.07 Å². The van der Waals surface area contributed by atoms with Crippen molar-refractivity contribution in [3.63, 3.8) is 0 Å². The summed E-state index contributed by atoms with van der Waals surface area (Å²) in [5.41, 5.74) is 2.68. The van der Waals surface area contributed by atoms with Gasteiger partial charge in [-0.15, -0.1) is 0 Å². The summed E-state index contributed by atoms with van der Waals surface area (Å²) in [6.07, 6.45) is 2.90. The molecule has 0 N–H and O–H groups in total. The van der Waals surface area contributed by atoms with Gasteiger partial charge in [-0.25, -0.2) is 22.3 Å². The lowest BCUT2D eigenvalue weighted by molar-refractivity contribution is 0.121. The fraction of sp³-hybridized carbons (Fsp3) is 0.522. The van der Waals surface area contributed by atoms with Crippen LogP contribution in [0.5, 0.6) is 0 Å². The van der Waals surface area contributed by atoms with Crippen LogP contribution in [-0.2, 0) is 26.0 Å². The molecule has 1 saturated heterocycles. The van der Waals surface area contributed by atoms with Crippen LogP contribution in [0.15, 0.2) is 30.6 Å². The summed E-state index contributed by atoms with van der Waals surface area (Å²) in [4.78, 5) is 28.4. The number of hydrogen-bond acceptors (Lipinski definition) is 7. The van der Waals surface area contributed by atoms with Gasteiger partial charge in [-0.2, -0.15) is 5.10 Å². The molecule has 1 aromatic carbocycles. The van der Waals surface area contributed by atoms with Crippen LogP contribution < -0.4 is 9.80 Å². The minimum absolute atomic E-state index is 0.198. The zero-order valence-corrected chi connectivity index (χ0v) is 21.2. The highest BCUT2D eigenvalue weighted by molar-refractivity contribution is 7.89. The molecule has 4 rings (SSSR count). The van der Waals surface area contributed by atoms with Crippen molar-refractivity contribution in [2.45, 2.75) is 45.9 Å². The molecule has 1 aromatic heterocycles. The van der Waals surface area contributed by atoms with Gasteiger partial charge in [0.2, 0.25) is 10.0 Å². The van der Waals surface area contributed by atoms with Crippen LogP contribution in [0.1, 0.15) is 27.2 Å². The Morgan fingerprint density at radius 2 is 1.91 bits per heavy atom. The Labute approximate surface area is 205 Å². The Balaban J connectivity index is 1.62. The molecule has 2 aliphatic rings. The number of aromatic nitrogens is 2. The van der Waals surface area contributed by atoms with Gasteiger partial charge in [-0.3, -0.25) is 14.5 Å². The first-order valence-corrected chi connectivity index (χ1v) is 13.2. The van der Waals surface area contributed by atoms with Crippen LogP contribution in [0.2, 0.25) is 0 Å². The van der Waals surface area contributed by atoms with Crippen molar-refractivity contribution in [2.75, 3.05) is 42.3 Å². The van der Waals surface area contributed by atoms with Crippen LogP contribution in [-0.4, -0.2) is 79.3 Å². The summed E-state index contributed by atoms with van der Waals surface area (Å²) in [7, 11) is -1.83. The lowest BCUT2D eigenvalue weighted by Gasteiger charge is -2.40. The van der Waals surface area contributed by atoms with Crippen LogP contribution in [0.25, 0.3) is 11.1 Å². The Hall–Kier alpha value is -3.12. The maximum Gasteiger partial charge on any atom is 0.414 e. The summed E-state index contributed by atoms with van der Waals surface area (Å²) in [5.74, 6) is 0.198.